The van der Waals surface area contributed by atoms with Crippen molar-refractivity contribution in [3.8, 4) is 0 Å². The first-order valence-corrected chi connectivity index (χ1v) is 9.96. The Morgan fingerprint density at radius 3 is 2.31 bits per heavy atom. The fourth-order valence-electron chi connectivity index (χ4n) is 4.22. The molecule has 150 valence electrons. The third-order valence-electron chi connectivity index (χ3n) is 5.79. The van der Waals surface area contributed by atoms with Crippen molar-refractivity contribution >= 4 is 22.6 Å². The summed E-state index contributed by atoms with van der Waals surface area (Å²) in [5.74, 6) is 0.457. The molecular formula is C23H25N3O3. The summed E-state index contributed by atoms with van der Waals surface area (Å²) in [6, 6.07) is 13.7. The lowest BCUT2D eigenvalue weighted by atomic mass is 9.97. The molecule has 6 nitrogen and oxygen atoms in total. The van der Waals surface area contributed by atoms with E-state index in [9.17, 15) is 9.59 Å². The Balaban J connectivity index is 1.45. The van der Waals surface area contributed by atoms with Crippen LogP contribution in [0.25, 0.3) is 10.8 Å². The maximum Gasteiger partial charge on any atom is 0.254 e. The summed E-state index contributed by atoms with van der Waals surface area (Å²) in [6.45, 7) is 7.70. The molecule has 1 saturated heterocycles. The molecular weight excluding hydrogens is 366 g/mol. The number of aromatic nitrogens is 1. The van der Waals surface area contributed by atoms with Crippen LogP contribution < -0.4 is 0 Å². The first-order chi connectivity index (χ1) is 14.0. The minimum atomic E-state index is -0.304. The molecule has 1 fully saturated rings. The van der Waals surface area contributed by atoms with Crippen molar-refractivity contribution in [2.45, 2.75) is 26.7 Å². The van der Waals surface area contributed by atoms with Gasteiger partial charge in [0.2, 0.25) is 5.91 Å². The molecule has 0 bridgehead atoms. The fraction of sp³-hybridized carbons (Fsp3) is 0.348. The van der Waals surface area contributed by atoms with Crippen molar-refractivity contribution in [1.29, 1.82) is 0 Å². The van der Waals surface area contributed by atoms with Crippen molar-refractivity contribution in [3.63, 3.8) is 0 Å². The van der Waals surface area contributed by atoms with Crippen LogP contribution in [0.5, 0.6) is 0 Å². The van der Waals surface area contributed by atoms with E-state index in [0.717, 1.165) is 22.0 Å². The Hall–Kier alpha value is -3.15. The van der Waals surface area contributed by atoms with E-state index in [-0.39, 0.29) is 17.7 Å². The Morgan fingerprint density at radius 1 is 0.966 bits per heavy atom. The van der Waals surface area contributed by atoms with E-state index >= 15 is 0 Å². The van der Waals surface area contributed by atoms with E-state index in [1.54, 1.807) is 0 Å². The molecule has 1 aromatic heterocycles. The van der Waals surface area contributed by atoms with Crippen molar-refractivity contribution in [2.24, 2.45) is 0 Å². The third kappa shape index (κ3) is 3.50. The highest BCUT2D eigenvalue weighted by molar-refractivity contribution is 6.07. The maximum atomic E-state index is 13.1. The van der Waals surface area contributed by atoms with E-state index < -0.39 is 0 Å². The van der Waals surface area contributed by atoms with Crippen LogP contribution in [0.3, 0.4) is 0 Å². The number of fused-ring (bicyclic) bond motifs is 1. The predicted octanol–water partition coefficient (Wildman–Crippen LogP) is 3.53. The van der Waals surface area contributed by atoms with Gasteiger partial charge in [-0.25, -0.2) is 0 Å². The van der Waals surface area contributed by atoms with Gasteiger partial charge in [-0.2, -0.15) is 0 Å². The van der Waals surface area contributed by atoms with Crippen molar-refractivity contribution in [1.82, 2.24) is 15.0 Å². The second-order valence-electron chi connectivity index (χ2n) is 7.60. The fourth-order valence-corrected chi connectivity index (χ4v) is 4.22. The lowest BCUT2D eigenvalue weighted by Gasteiger charge is -2.36. The van der Waals surface area contributed by atoms with Crippen LogP contribution in [0, 0.1) is 13.8 Å². The van der Waals surface area contributed by atoms with Crippen LogP contribution in [0.15, 0.2) is 47.0 Å². The Bertz CT molecular complexity index is 1040. The number of amides is 2. The molecule has 1 aliphatic heterocycles. The van der Waals surface area contributed by atoms with E-state index in [1.165, 1.54) is 0 Å². The van der Waals surface area contributed by atoms with E-state index in [2.05, 4.69) is 5.16 Å². The summed E-state index contributed by atoms with van der Waals surface area (Å²) < 4.78 is 5.21. The standard InChI is InChI=1S/C23H25N3O3/c1-15(21-16(2)24-29-17(21)3)22(27)25-11-13-26(14-12-25)23(28)20-10-6-8-18-7-4-5-9-19(18)20/h4-10,15H,11-14H2,1-3H3/t15-/m1/s1. The van der Waals surface area contributed by atoms with E-state index in [4.69, 9.17) is 4.52 Å². The molecule has 0 radical (unpaired) electrons. The normalized spacial score (nSPS) is 15.6. The SMILES string of the molecule is Cc1noc(C)c1[C@@H](C)C(=O)N1CCN(C(=O)c2cccc3ccccc23)CC1. The van der Waals surface area contributed by atoms with Crippen LogP contribution >= 0.6 is 0 Å². The average Bonchev–Trinajstić information content (AvgIpc) is 3.10. The number of hydrogen-bond donors (Lipinski definition) is 0. The largest absolute Gasteiger partial charge is 0.361 e. The van der Waals surface area contributed by atoms with Gasteiger partial charge in [-0.1, -0.05) is 41.6 Å². The highest BCUT2D eigenvalue weighted by Gasteiger charge is 2.30. The van der Waals surface area contributed by atoms with Gasteiger partial charge in [0.25, 0.3) is 5.91 Å². The maximum absolute atomic E-state index is 13.1. The molecule has 1 aliphatic rings. The van der Waals surface area contributed by atoms with Crippen LogP contribution in [-0.4, -0.2) is 52.9 Å². The first kappa shape index (κ1) is 19.2. The van der Waals surface area contributed by atoms with Gasteiger partial charge in [0.1, 0.15) is 5.76 Å². The van der Waals surface area contributed by atoms with Crippen molar-refractivity contribution in [3.05, 3.63) is 65.0 Å². The number of aryl methyl sites for hydroxylation is 2. The smallest absolute Gasteiger partial charge is 0.254 e. The molecule has 2 aromatic carbocycles. The molecule has 4 rings (SSSR count). The van der Waals surface area contributed by atoms with Gasteiger partial charge >= 0.3 is 0 Å². The van der Waals surface area contributed by atoms with Gasteiger partial charge in [-0.3, -0.25) is 9.59 Å². The summed E-state index contributed by atoms with van der Waals surface area (Å²) >= 11 is 0. The molecule has 0 saturated carbocycles. The first-order valence-electron chi connectivity index (χ1n) is 9.96. The number of nitrogens with zero attached hydrogens (tertiary/aromatic N) is 3. The number of carbonyl (C=O) groups is 2. The Kier molecular flexibility index (Phi) is 5.09. The summed E-state index contributed by atoms with van der Waals surface area (Å²) in [7, 11) is 0. The predicted molar refractivity (Wildman–Crippen MR) is 111 cm³/mol. The highest BCUT2D eigenvalue weighted by atomic mass is 16.5. The zero-order chi connectivity index (χ0) is 20.5. The van der Waals surface area contributed by atoms with Gasteiger partial charge in [0.05, 0.1) is 11.6 Å². The molecule has 0 spiro atoms. The van der Waals surface area contributed by atoms with Crippen LogP contribution in [0.1, 0.15) is 40.2 Å². The molecule has 3 aromatic rings. The van der Waals surface area contributed by atoms with Crippen molar-refractivity contribution < 1.29 is 14.1 Å². The van der Waals surface area contributed by atoms with Crippen molar-refractivity contribution in [2.75, 3.05) is 26.2 Å². The van der Waals surface area contributed by atoms with E-state index in [1.807, 2.05) is 73.0 Å². The summed E-state index contributed by atoms with van der Waals surface area (Å²) in [4.78, 5) is 29.8. The lowest BCUT2D eigenvalue weighted by molar-refractivity contribution is -0.133. The molecule has 0 unspecified atom stereocenters. The Labute approximate surface area is 170 Å². The van der Waals surface area contributed by atoms with Gasteiger partial charge in [0, 0.05) is 37.3 Å². The topological polar surface area (TPSA) is 66.7 Å². The minimum absolute atomic E-state index is 0.0210. The van der Waals surface area contributed by atoms with E-state index in [0.29, 0.717) is 37.5 Å². The van der Waals surface area contributed by atoms with Crippen LogP contribution in [0.2, 0.25) is 0 Å². The van der Waals surface area contributed by atoms with Gasteiger partial charge in [-0.15, -0.1) is 0 Å². The molecule has 0 aliphatic carbocycles. The second-order valence-corrected chi connectivity index (χ2v) is 7.60. The zero-order valence-electron chi connectivity index (χ0n) is 17.0. The summed E-state index contributed by atoms with van der Waals surface area (Å²) in [6.07, 6.45) is 0. The summed E-state index contributed by atoms with van der Waals surface area (Å²) in [5.41, 5.74) is 2.34. The molecule has 6 heteroatoms. The number of rotatable bonds is 3. The number of piperazine rings is 1. The van der Waals surface area contributed by atoms with Crippen LogP contribution in [0.4, 0.5) is 0 Å². The lowest BCUT2D eigenvalue weighted by Crippen LogP contribution is -2.51. The van der Waals surface area contributed by atoms with Crippen LogP contribution in [-0.2, 0) is 4.79 Å². The van der Waals surface area contributed by atoms with Gasteiger partial charge in [-0.05, 0) is 37.6 Å². The Morgan fingerprint density at radius 2 is 1.62 bits per heavy atom. The van der Waals surface area contributed by atoms with Gasteiger partial charge < -0.3 is 14.3 Å². The molecule has 29 heavy (non-hydrogen) atoms. The number of benzene rings is 2. The molecule has 0 N–H and O–H groups in total. The second kappa shape index (κ2) is 7.70. The highest BCUT2D eigenvalue weighted by Crippen LogP contribution is 2.26. The molecule has 1 atom stereocenters. The third-order valence-corrected chi connectivity index (χ3v) is 5.79. The van der Waals surface area contributed by atoms with Gasteiger partial charge in [0.15, 0.2) is 0 Å². The number of hydrogen-bond acceptors (Lipinski definition) is 4. The summed E-state index contributed by atoms with van der Waals surface area (Å²) in [5, 5.41) is 5.98. The zero-order valence-corrected chi connectivity index (χ0v) is 17.0. The average molecular weight is 391 g/mol. The number of carbonyl (C=O) groups excluding carboxylic acids is 2. The monoisotopic (exact) mass is 391 g/mol. The molecule has 2 heterocycles. The quantitative estimate of drug-likeness (QED) is 0.685. The molecule has 2 amide bonds. The minimum Gasteiger partial charge on any atom is -0.361 e.